The number of hydrogen-bond acceptors (Lipinski definition) is 4. The monoisotopic (exact) mass is 245 g/mol. The van der Waals surface area contributed by atoms with Crippen LogP contribution in [0.3, 0.4) is 0 Å². The largest absolute Gasteiger partial charge is 0.378 e. The highest BCUT2D eigenvalue weighted by atomic mass is 16.5. The van der Waals surface area contributed by atoms with E-state index in [-0.39, 0.29) is 11.3 Å². The zero-order valence-electron chi connectivity index (χ0n) is 11.7. The van der Waals surface area contributed by atoms with Crippen LogP contribution in [0.1, 0.15) is 20.8 Å². The molecule has 0 rings (SSSR count). The predicted octanol–water partition coefficient (Wildman–Crippen LogP) is 0.0542. The van der Waals surface area contributed by atoms with E-state index in [1.807, 2.05) is 39.8 Å². The summed E-state index contributed by atoms with van der Waals surface area (Å²) in [5.74, 6) is -0.117. The summed E-state index contributed by atoms with van der Waals surface area (Å²) < 4.78 is 5.36. The minimum Gasteiger partial charge on any atom is -0.378 e. The van der Waals surface area contributed by atoms with Crippen LogP contribution in [0.25, 0.3) is 0 Å². The van der Waals surface area contributed by atoms with Crippen molar-refractivity contribution < 1.29 is 9.53 Å². The molecule has 0 aromatic rings. The standard InChI is InChI=1S/C12H27N3O2/c1-12(2,3)10(13)11(16)14-6-8-17-9-7-15(4)5/h10H,6-9,13H2,1-5H3,(H,14,16)/t10-/m0/s1. The number of nitrogens with one attached hydrogen (secondary N) is 1. The van der Waals surface area contributed by atoms with Crippen molar-refractivity contribution in [3.8, 4) is 0 Å². The van der Waals surface area contributed by atoms with Crippen molar-refractivity contribution in [2.45, 2.75) is 26.8 Å². The van der Waals surface area contributed by atoms with Crippen molar-refractivity contribution >= 4 is 5.91 Å². The van der Waals surface area contributed by atoms with Crippen LogP contribution in [0.15, 0.2) is 0 Å². The van der Waals surface area contributed by atoms with Gasteiger partial charge in [0.05, 0.1) is 19.3 Å². The van der Waals surface area contributed by atoms with Gasteiger partial charge in [-0.05, 0) is 19.5 Å². The molecular formula is C12H27N3O2. The minimum absolute atomic E-state index is 0.117. The molecule has 5 heteroatoms. The third kappa shape index (κ3) is 8.12. The first kappa shape index (κ1) is 16.4. The Bertz CT molecular complexity index is 224. The minimum atomic E-state index is -0.482. The Hall–Kier alpha value is -0.650. The van der Waals surface area contributed by atoms with E-state index in [1.165, 1.54) is 0 Å². The van der Waals surface area contributed by atoms with Crippen LogP contribution in [-0.2, 0) is 9.53 Å². The van der Waals surface area contributed by atoms with E-state index in [9.17, 15) is 4.79 Å². The molecule has 0 radical (unpaired) electrons. The second-order valence-corrected chi connectivity index (χ2v) is 5.55. The smallest absolute Gasteiger partial charge is 0.237 e. The molecule has 0 aliphatic carbocycles. The number of ether oxygens (including phenoxy) is 1. The number of carbonyl (C=O) groups excluding carboxylic acids is 1. The Labute approximate surface area is 105 Å². The Morgan fingerprint density at radius 3 is 2.41 bits per heavy atom. The lowest BCUT2D eigenvalue weighted by Gasteiger charge is -2.25. The van der Waals surface area contributed by atoms with E-state index in [1.54, 1.807) is 0 Å². The maximum atomic E-state index is 11.6. The molecule has 17 heavy (non-hydrogen) atoms. The fraction of sp³-hybridized carbons (Fsp3) is 0.917. The fourth-order valence-corrected chi connectivity index (χ4v) is 1.10. The molecule has 0 saturated carbocycles. The average Bonchev–Trinajstić information content (AvgIpc) is 2.19. The van der Waals surface area contributed by atoms with Gasteiger partial charge in [-0.2, -0.15) is 0 Å². The van der Waals surface area contributed by atoms with Crippen molar-refractivity contribution in [2.24, 2.45) is 11.1 Å². The summed E-state index contributed by atoms with van der Waals surface area (Å²) in [4.78, 5) is 13.7. The molecule has 0 aromatic carbocycles. The zero-order chi connectivity index (χ0) is 13.5. The lowest BCUT2D eigenvalue weighted by atomic mass is 9.87. The van der Waals surface area contributed by atoms with E-state index in [0.29, 0.717) is 19.8 Å². The number of nitrogens with two attached hydrogens (primary N) is 1. The maximum Gasteiger partial charge on any atom is 0.237 e. The van der Waals surface area contributed by atoms with Crippen molar-refractivity contribution in [1.29, 1.82) is 0 Å². The van der Waals surface area contributed by atoms with Gasteiger partial charge in [-0.1, -0.05) is 20.8 Å². The molecule has 0 aliphatic rings. The Kier molecular flexibility index (Phi) is 7.34. The van der Waals surface area contributed by atoms with Gasteiger partial charge in [0.1, 0.15) is 0 Å². The molecule has 3 N–H and O–H groups in total. The molecule has 0 fully saturated rings. The number of nitrogens with zero attached hydrogens (tertiary/aromatic N) is 1. The molecule has 0 heterocycles. The highest BCUT2D eigenvalue weighted by Crippen LogP contribution is 2.16. The van der Waals surface area contributed by atoms with Crippen LogP contribution in [0.5, 0.6) is 0 Å². The molecule has 0 aliphatic heterocycles. The molecule has 1 atom stereocenters. The van der Waals surface area contributed by atoms with E-state index in [4.69, 9.17) is 10.5 Å². The second kappa shape index (κ2) is 7.63. The summed E-state index contributed by atoms with van der Waals surface area (Å²) in [5, 5.41) is 2.77. The van der Waals surface area contributed by atoms with Gasteiger partial charge in [0.2, 0.25) is 5.91 Å². The van der Waals surface area contributed by atoms with Crippen LogP contribution in [0.2, 0.25) is 0 Å². The second-order valence-electron chi connectivity index (χ2n) is 5.55. The number of likely N-dealkylation sites (N-methyl/N-ethyl adjacent to an activating group) is 1. The highest BCUT2D eigenvalue weighted by Gasteiger charge is 2.26. The van der Waals surface area contributed by atoms with Crippen LogP contribution in [-0.4, -0.2) is 57.2 Å². The number of carbonyl (C=O) groups is 1. The lowest BCUT2D eigenvalue weighted by molar-refractivity contribution is -0.124. The van der Waals surface area contributed by atoms with Crippen molar-refractivity contribution in [3.05, 3.63) is 0 Å². The van der Waals surface area contributed by atoms with E-state index in [0.717, 1.165) is 6.54 Å². The number of hydrogen-bond donors (Lipinski definition) is 2. The Morgan fingerprint density at radius 2 is 1.94 bits per heavy atom. The molecule has 5 nitrogen and oxygen atoms in total. The normalized spacial score (nSPS) is 13.8. The van der Waals surface area contributed by atoms with Crippen LogP contribution < -0.4 is 11.1 Å². The average molecular weight is 245 g/mol. The summed E-state index contributed by atoms with van der Waals surface area (Å²) >= 11 is 0. The third-order valence-corrected chi connectivity index (χ3v) is 2.44. The number of amides is 1. The molecule has 0 bridgehead atoms. The van der Waals surface area contributed by atoms with E-state index < -0.39 is 6.04 Å². The first-order valence-electron chi connectivity index (χ1n) is 6.01. The summed E-state index contributed by atoms with van der Waals surface area (Å²) in [6.07, 6.45) is 0. The lowest BCUT2D eigenvalue weighted by Crippen LogP contribution is -2.49. The summed E-state index contributed by atoms with van der Waals surface area (Å²) in [6.45, 7) is 8.44. The van der Waals surface area contributed by atoms with E-state index >= 15 is 0 Å². The van der Waals surface area contributed by atoms with Crippen molar-refractivity contribution in [2.75, 3.05) is 40.4 Å². The predicted molar refractivity (Wildman–Crippen MR) is 69.8 cm³/mol. The van der Waals surface area contributed by atoms with Gasteiger partial charge in [0.25, 0.3) is 0 Å². The summed E-state index contributed by atoms with van der Waals surface area (Å²) in [5.41, 5.74) is 5.60. The molecule has 0 unspecified atom stereocenters. The highest BCUT2D eigenvalue weighted by molar-refractivity contribution is 5.82. The third-order valence-electron chi connectivity index (χ3n) is 2.44. The van der Waals surface area contributed by atoms with Gasteiger partial charge < -0.3 is 20.7 Å². The van der Waals surface area contributed by atoms with Gasteiger partial charge in [-0.3, -0.25) is 4.79 Å². The van der Waals surface area contributed by atoms with E-state index in [2.05, 4.69) is 5.32 Å². The first-order valence-corrected chi connectivity index (χ1v) is 6.01. The van der Waals surface area contributed by atoms with Crippen molar-refractivity contribution in [3.63, 3.8) is 0 Å². The first-order chi connectivity index (χ1) is 7.75. The maximum absolute atomic E-state index is 11.6. The van der Waals surface area contributed by atoms with Gasteiger partial charge >= 0.3 is 0 Å². The Morgan fingerprint density at radius 1 is 1.35 bits per heavy atom. The van der Waals surface area contributed by atoms with Gasteiger partial charge in [-0.15, -0.1) is 0 Å². The quantitative estimate of drug-likeness (QED) is 0.622. The molecule has 0 saturated heterocycles. The van der Waals surface area contributed by atoms with Crippen LogP contribution in [0.4, 0.5) is 0 Å². The molecule has 1 amide bonds. The van der Waals surface area contributed by atoms with Gasteiger partial charge in [0, 0.05) is 13.1 Å². The van der Waals surface area contributed by atoms with Crippen LogP contribution >= 0.6 is 0 Å². The molecule has 102 valence electrons. The van der Waals surface area contributed by atoms with Gasteiger partial charge in [0.15, 0.2) is 0 Å². The number of rotatable bonds is 7. The molecular weight excluding hydrogens is 218 g/mol. The van der Waals surface area contributed by atoms with Crippen LogP contribution in [0, 0.1) is 5.41 Å². The fourth-order valence-electron chi connectivity index (χ4n) is 1.10. The summed E-state index contributed by atoms with van der Waals surface area (Å²) in [7, 11) is 3.99. The molecule has 0 aromatic heterocycles. The van der Waals surface area contributed by atoms with Gasteiger partial charge in [-0.25, -0.2) is 0 Å². The van der Waals surface area contributed by atoms with Crippen molar-refractivity contribution in [1.82, 2.24) is 10.2 Å². The Balaban J connectivity index is 3.59. The molecule has 0 spiro atoms. The zero-order valence-corrected chi connectivity index (χ0v) is 11.7. The topological polar surface area (TPSA) is 67.6 Å². The SMILES string of the molecule is CN(C)CCOCCNC(=O)[C@H](N)C(C)(C)C. The summed E-state index contributed by atoms with van der Waals surface area (Å²) in [6, 6.07) is -0.482.